The Balaban J connectivity index is -0.000000162. The molecule has 5 nitrogen and oxygen atoms in total. The quantitative estimate of drug-likeness (QED) is 0.786. The molecule has 0 aliphatic carbocycles. The van der Waals surface area contributed by atoms with Crippen molar-refractivity contribution in [2.75, 3.05) is 35.0 Å². The molecule has 0 aromatic heterocycles. The van der Waals surface area contributed by atoms with Crippen LogP contribution in [0.15, 0.2) is 0 Å². The fraction of sp³-hybridized carbons (Fsp3) is 1.00. The Bertz CT molecular complexity index is 91.5. The topological polar surface area (TPSA) is 62.9 Å². The maximum atomic E-state index is 5.03. The molecule has 0 aliphatic heterocycles. The van der Waals surface area contributed by atoms with Crippen molar-refractivity contribution < 1.29 is 50.6 Å². The van der Waals surface area contributed by atoms with Gasteiger partial charge in [0.2, 0.25) is 0 Å². The summed E-state index contributed by atoms with van der Waals surface area (Å²) >= 11 is -2.76. The first-order valence-corrected chi connectivity index (χ1v) is 10.7. The van der Waals surface area contributed by atoms with Crippen molar-refractivity contribution in [1.82, 2.24) is 0 Å². The summed E-state index contributed by atoms with van der Waals surface area (Å²) in [7, 11) is 6.72. The van der Waals surface area contributed by atoms with Gasteiger partial charge in [-0.2, -0.15) is 0 Å². The van der Waals surface area contributed by atoms with E-state index in [1.807, 2.05) is 10.5 Å². The van der Waals surface area contributed by atoms with E-state index in [4.69, 9.17) is 19.0 Å². The third-order valence-corrected chi connectivity index (χ3v) is 5.03. The van der Waals surface area contributed by atoms with Crippen LogP contribution in [0.3, 0.4) is 0 Å². The van der Waals surface area contributed by atoms with Gasteiger partial charge in [-0.1, -0.05) is 6.92 Å². The van der Waals surface area contributed by atoms with E-state index >= 15 is 0 Å². The molecule has 0 aliphatic rings. The van der Waals surface area contributed by atoms with Crippen molar-refractivity contribution in [3.63, 3.8) is 0 Å². The van der Waals surface area contributed by atoms with E-state index in [1.165, 1.54) is 0 Å². The van der Waals surface area contributed by atoms with E-state index in [9.17, 15) is 0 Å². The maximum absolute atomic E-state index is 5.03. The van der Waals surface area contributed by atoms with Gasteiger partial charge in [0.25, 0.3) is 0 Å². The van der Waals surface area contributed by atoms with Crippen LogP contribution in [0, 0.1) is 0 Å². The number of rotatable bonds is 5. The van der Waals surface area contributed by atoms with Crippen molar-refractivity contribution in [1.29, 1.82) is 0 Å². The molecule has 0 spiro atoms. The van der Waals surface area contributed by atoms with Gasteiger partial charge in [0.15, 0.2) is 0 Å². The van der Waals surface area contributed by atoms with E-state index in [0.717, 1.165) is 13.0 Å². The van der Waals surface area contributed by atoms with Crippen molar-refractivity contribution in [3.8, 4) is 0 Å². The molecule has 0 amide bonds. The summed E-state index contributed by atoms with van der Waals surface area (Å²) in [6, 6.07) is 0. The second-order valence-electron chi connectivity index (χ2n) is 2.59. The average molecular weight is 309 g/mol. The Hall–Kier alpha value is 1.23. The first kappa shape index (κ1) is 22.4. The van der Waals surface area contributed by atoms with Crippen LogP contribution in [0.2, 0.25) is 10.5 Å². The van der Waals surface area contributed by atoms with Gasteiger partial charge >= 0.3 is 89.5 Å². The second-order valence-corrected chi connectivity index (χ2v) is 8.21. The summed E-state index contributed by atoms with van der Waals surface area (Å²) in [6.45, 7) is 2.88. The fourth-order valence-corrected chi connectivity index (χ4v) is 0.687. The summed E-state index contributed by atoms with van der Waals surface area (Å²) in [4.78, 5) is 0. The van der Waals surface area contributed by atoms with Crippen LogP contribution < -0.4 is 5.73 Å². The van der Waals surface area contributed by atoms with Gasteiger partial charge in [0.05, 0.1) is 0 Å². The molecule has 0 saturated carbocycles. The third-order valence-electron chi connectivity index (χ3n) is 1.44. The van der Waals surface area contributed by atoms with Crippen molar-refractivity contribution in [3.05, 3.63) is 0 Å². The molecule has 0 saturated heterocycles. The molecule has 0 fully saturated rings. The summed E-state index contributed by atoms with van der Waals surface area (Å²) < 4.78 is 19.4. The van der Waals surface area contributed by atoms with E-state index in [2.05, 4.69) is 6.92 Å². The molecule has 0 unspecified atom stereocenters. The van der Waals surface area contributed by atoms with Crippen LogP contribution in [0.4, 0.5) is 0 Å². The van der Waals surface area contributed by atoms with Crippen LogP contribution in [0.5, 0.6) is 0 Å². The van der Waals surface area contributed by atoms with Crippen LogP contribution in [0.25, 0.3) is 0 Å². The van der Waals surface area contributed by atoms with Crippen LogP contribution in [-0.2, 0) is 50.6 Å². The summed E-state index contributed by atoms with van der Waals surface area (Å²) in [5.41, 5.74) is 5.03. The van der Waals surface area contributed by atoms with Crippen molar-refractivity contribution in [2.45, 2.75) is 23.8 Å². The molecular weight excluding hydrogens is 282 g/mol. The summed E-state index contributed by atoms with van der Waals surface area (Å²) in [6.07, 6.45) is 1.10. The SMILES string of the molecule is CCCN.C[O][Ti]([CH3])[O]C.C[O][Ti]([CH3])[O]C. The minimum absolute atomic E-state index is 0.819. The first-order valence-electron chi connectivity index (χ1n) is 5.06. The van der Waals surface area contributed by atoms with E-state index in [-0.39, 0.29) is 0 Å². The van der Waals surface area contributed by atoms with Crippen molar-refractivity contribution in [2.24, 2.45) is 5.73 Å². The molecule has 2 N–H and O–H groups in total. The summed E-state index contributed by atoms with van der Waals surface area (Å²) in [5, 5.41) is 4.00. The first-order chi connectivity index (χ1) is 7.53. The Labute approximate surface area is 115 Å². The molecular formula is C9H27NO4Ti2. The molecule has 0 rings (SSSR count). The van der Waals surface area contributed by atoms with Gasteiger partial charge < -0.3 is 5.73 Å². The van der Waals surface area contributed by atoms with Crippen LogP contribution in [-0.4, -0.2) is 35.0 Å². The molecule has 7 heteroatoms. The zero-order valence-electron chi connectivity index (χ0n) is 11.6. The molecule has 0 aromatic carbocycles. The van der Waals surface area contributed by atoms with E-state index in [0.29, 0.717) is 0 Å². The Morgan fingerprint density at radius 2 is 1.00 bits per heavy atom. The van der Waals surface area contributed by atoms with Crippen molar-refractivity contribution >= 4 is 0 Å². The number of nitrogens with two attached hydrogens (primary N) is 1. The molecule has 16 heavy (non-hydrogen) atoms. The molecule has 0 heterocycles. The molecule has 100 valence electrons. The van der Waals surface area contributed by atoms with Gasteiger partial charge in [-0.05, 0) is 13.0 Å². The standard InChI is InChI=1S/C3H9N.4CH3O.2CH3.2Ti/c1-2-3-4;4*1-2;;;;/h2-4H2,1H3;4*1H3;2*1H3;;/q;4*-1;;;2*+2. The molecule has 0 atom stereocenters. The zero-order valence-corrected chi connectivity index (χ0v) is 14.7. The normalized spacial score (nSPS) is 8.25. The molecule has 0 radical (unpaired) electrons. The molecule has 0 aromatic rings. The van der Waals surface area contributed by atoms with Crippen LogP contribution in [0.1, 0.15) is 13.3 Å². The monoisotopic (exact) mass is 309 g/mol. The van der Waals surface area contributed by atoms with E-state index in [1.54, 1.807) is 28.4 Å². The van der Waals surface area contributed by atoms with Crippen LogP contribution >= 0.6 is 0 Å². The Morgan fingerprint density at radius 3 is 1.00 bits per heavy atom. The minimum atomic E-state index is -1.38. The van der Waals surface area contributed by atoms with Gasteiger partial charge in [-0.3, -0.25) is 0 Å². The van der Waals surface area contributed by atoms with E-state index < -0.39 is 37.3 Å². The predicted molar refractivity (Wildman–Crippen MR) is 59.1 cm³/mol. The average Bonchev–Trinajstić information content (AvgIpc) is 2.37. The zero-order chi connectivity index (χ0) is 13.4. The predicted octanol–water partition coefficient (Wildman–Crippen LogP) is 1.91. The third kappa shape index (κ3) is 29.5. The fourth-order valence-electron chi connectivity index (χ4n) is 0.167. The molecule has 0 bridgehead atoms. The second kappa shape index (κ2) is 21.5. The van der Waals surface area contributed by atoms with Gasteiger partial charge in [0.1, 0.15) is 0 Å². The Kier molecular flexibility index (Phi) is 30.1. The Morgan fingerprint density at radius 1 is 0.812 bits per heavy atom. The van der Waals surface area contributed by atoms with Gasteiger partial charge in [-0.25, -0.2) is 0 Å². The van der Waals surface area contributed by atoms with Gasteiger partial charge in [-0.15, -0.1) is 0 Å². The van der Waals surface area contributed by atoms with Gasteiger partial charge in [0, 0.05) is 0 Å². The number of hydrogen-bond donors (Lipinski definition) is 1. The number of hydrogen-bond acceptors (Lipinski definition) is 5. The summed E-state index contributed by atoms with van der Waals surface area (Å²) in [5.74, 6) is 0.